The molecule has 0 nitrogen and oxygen atoms in total. The van der Waals surface area contributed by atoms with Gasteiger partial charge in [0, 0.05) is 0 Å². The van der Waals surface area contributed by atoms with Crippen LogP contribution < -0.4 is 0 Å². The molecular formula is C20H32. The van der Waals surface area contributed by atoms with Crippen molar-refractivity contribution in [3.05, 3.63) is 22.8 Å². The maximum absolute atomic E-state index is 2.59. The Kier molecular flexibility index (Phi) is 3.42. The van der Waals surface area contributed by atoms with Crippen LogP contribution >= 0.6 is 0 Å². The van der Waals surface area contributed by atoms with Gasteiger partial charge in [-0.25, -0.2) is 0 Å². The van der Waals surface area contributed by atoms with Gasteiger partial charge in [0.05, 0.1) is 0 Å². The molecule has 2 fully saturated rings. The molecule has 0 aliphatic heterocycles. The van der Waals surface area contributed by atoms with Gasteiger partial charge in [-0.1, -0.05) is 43.6 Å². The number of hydrogen-bond donors (Lipinski definition) is 0. The first kappa shape index (κ1) is 14.4. The normalized spacial score (nSPS) is 46.8. The third kappa shape index (κ3) is 2.20. The summed E-state index contributed by atoms with van der Waals surface area (Å²) in [6, 6.07) is 0. The van der Waals surface area contributed by atoms with Gasteiger partial charge < -0.3 is 0 Å². The molecule has 0 heteroatoms. The summed E-state index contributed by atoms with van der Waals surface area (Å²) in [6.07, 6.45) is 12.1. The highest BCUT2D eigenvalue weighted by atomic mass is 14.6. The lowest BCUT2D eigenvalue weighted by molar-refractivity contribution is 0.131. The lowest BCUT2D eigenvalue weighted by atomic mass is 9.68. The Morgan fingerprint density at radius 2 is 1.80 bits per heavy atom. The monoisotopic (exact) mass is 272 g/mol. The molecule has 112 valence electrons. The highest BCUT2D eigenvalue weighted by molar-refractivity contribution is 5.29. The predicted octanol–water partition coefficient (Wildman–Crippen LogP) is 6.29. The fourth-order valence-electron chi connectivity index (χ4n) is 5.85. The van der Waals surface area contributed by atoms with Crippen LogP contribution in [-0.4, -0.2) is 0 Å². The van der Waals surface area contributed by atoms with Gasteiger partial charge >= 0.3 is 0 Å². The molecule has 0 aromatic heterocycles. The van der Waals surface area contributed by atoms with E-state index in [-0.39, 0.29) is 0 Å². The van der Waals surface area contributed by atoms with E-state index in [2.05, 4.69) is 40.7 Å². The maximum Gasteiger partial charge on any atom is -0.0159 e. The fraction of sp³-hybridized carbons (Fsp3) is 0.800. The molecule has 0 aromatic rings. The Labute approximate surface area is 125 Å². The zero-order chi connectivity index (χ0) is 14.5. The second-order valence-electron chi connectivity index (χ2n) is 8.84. The van der Waals surface area contributed by atoms with E-state index in [0.29, 0.717) is 10.8 Å². The number of hydrogen-bond acceptors (Lipinski definition) is 0. The molecule has 3 atom stereocenters. The minimum Gasteiger partial charge on any atom is -0.0853 e. The van der Waals surface area contributed by atoms with Crippen LogP contribution in [0.15, 0.2) is 22.8 Å². The van der Waals surface area contributed by atoms with E-state index < -0.39 is 0 Å². The molecule has 0 saturated heterocycles. The molecule has 0 amide bonds. The molecule has 0 radical (unpaired) electrons. The summed E-state index contributed by atoms with van der Waals surface area (Å²) in [5.74, 6) is 1.80. The van der Waals surface area contributed by atoms with Crippen LogP contribution in [-0.2, 0) is 0 Å². The summed E-state index contributed by atoms with van der Waals surface area (Å²) >= 11 is 0. The van der Waals surface area contributed by atoms with Gasteiger partial charge in [0.15, 0.2) is 0 Å². The van der Waals surface area contributed by atoms with E-state index in [4.69, 9.17) is 0 Å². The predicted molar refractivity (Wildman–Crippen MR) is 87.6 cm³/mol. The quantitative estimate of drug-likeness (QED) is 0.455. The Balaban J connectivity index is 2.00. The van der Waals surface area contributed by atoms with Gasteiger partial charge in [0.2, 0.25) is 0 Å². The van der Waals surface area contributed by atoms with Gasteiger partial charge in [-0.05, 0) is 81.5 Å². The second-order valence-corrected chi connectivity index (χ2v) is 8.84. The van der Waals surface area contributed by atoms with Gasteiger partial charge in [-0.3, -0.25) is 0 Å². The van der Waals surface area contributed by atoms with Crippen LogP contribution in [0.1, 0.15) is 79.6 Å². The van der Waals surface area contributed by atoms with Crippen LogP contribution in [0.3, 0.4) is 0 Å². The van der Waals surface area contributed by atoms with Crippen LogP contribution in [0.25, 0.3) is 0 Å². The first-order valence-corrected chi connectivity index (χ1v) is 8.68. The van der Waals surface area contributed by atoms with Crippen LogP contribution in [0, 0.1) is 22.7 Å². The second kappa shape index (κ2) is 4.75. The molecule has 0 bridgehead atoms. The Morgan fingerprint density at radius 1 is 1.05 bits per heavy atom. The highest BCUT2D eigenvalue weighted by Crippen LogP contribution is 2.67. The van der Waals surface area contributed by atoms with Gasteiger partial charge in [-0.15, -0.1) is 0 Å². The molecule has 1 unspecified atom stereocenters. The zero-order valence-electron chi connectivity index (χ0n) is 14.2. The van der Waals surface area contributed by atoms with Crippen molar-refractivity contribution in [2.45, 2.75) is 79.6 Å². The summed E-state index contributed by atoms with van der Waals surface area (Å²) in [5.41, 5.74) is 6.37. The molecule has 3 aliphatic carbocycles. The van der Waals surface area contributed by atoms with Crippen molar-refractivity contribution in [2.75, 3.05) is 0 Å². The molecule has 0 aromatic carbocycles. The van der Waals surface area contributed by atoms with E-state index >= 15 is 0 Å². The smallest absolute Gasteiger partial charge is 0.0159 e. The highest BCUT2D eigenvalue weighted by Gasteiger charge is 2.57. The van der Waals surface area contributed by atoms with Crippen molar-refractivity contribution >= 4 is 0 Å². The third-order valence-corrected chi connectivity index (χ3v) is 6.79. The van der Waals surface area contributed by atoms with Crippen LogP contribution in [0.5, 0.6) is 0 Å². The summed E-state index contributed by atoms with van der Waals surface area (Å²) in [6.45, 7) is 12.4. The summed E-state index contributed by atoms with van der Waals surface area (Å²) in [5, 5.41) is 0. The SMILES string of the molecule is C/C1=C2\C[C@@]3(C)CCC(C)(C)C3[C@@H]2CC/C(C)=C/CC1. The van der Waals surface area contributed by atoms with E-state index in [1.54, 1.807) is 11.1 Å². The van der Waals surface area contributed by atoms with Crippen molar-refractivity contribution in [1.82, 2.24) is 0 Å². The largest absolute Gasteiger partial charge is 0.0853 e. The van der Waals surface area contributed by atoms with Crippen molar-refractivity contribution < 1.29 is 0 Å². The van der Waals surface area contributed by atoms with Gasteiger partial charge in [0.25, 0.3) is 0 Å². The molecular weight excluding hydrogens is 240 g/mol. The van der Waals surface area contributed by atoms with Crippen LogP contribution in [0.4, 0.5) is 0 Å². The van der Waals surface area contributed by atoms with Crippen LogP contribution in [0.2, 0.25) is 0 Å². The maximum atomic E-state index is 2.59. The van der Waals surface area contributed by atoms with Crippen molar-refractivity contribution in [2.24, 2.45) is 22.7 Å². The molecule has 2 saturated carbocycles. The Hall–Kier alpha value is -0.520. The fourth-order valence-corrected chi connectivity index (χ4v) is 5.85. The molecule has 3 rings (SSSR count). The molecule has 20 heavy (non-hydrogen) atoms. The third-order valence-electron chi connectivity index (χ3n) is 6.79. The van der Waals surface area contributed by atoms with Crippen molar-refractivity contribution in [1.29, 1.82) is 0 Å². The topological polar surface area (TPSA) is 0 Å². The number of allylic oxidation sites excluding steroid dienone is 4. The number of fused-ring (bicyclic) bond motifs is 3. The summed E-state index contributed by atoms with van der Waals surface area (Å²) in [4.78, 5) is 0. The molecule has 0 N–H and O–H groups in total. The Morgan fingerprint density at radius 3 is 2.55 bits per heavy atom. The van der Waals surface area contributed by atoms with Gasteiger partial charge in [0.1, 0.15) is 0 Å². The zero-order valence-corrected chi connectivity index (χ0v) is 14.2. The summed E-state index contributed by atoms with van der Waals surface area (Å²) < 4.78 is 0. The standard InChI is InChI=1S/C20H32/c1-14-7-6-8-15(2)17-13-20(5)12-11-19(3,4)18(20)16(17)10-9-14/h7,16,18H,6,8-13H2,1-5H3/b14-7+,17-15-/t16-,18?,20-/m1/s1. The van der Waals surface area contributed by atoms with E-state index in [9.17, 15) is 0 Å². The average molecular weight is 272 g/mol. The summed E-state index contributed by atoms with van der Waals surface area (Å²) in [7, 11) is 0. The first-order chi connectivity index (χ1) is 9.33. The van der Waals surface area contributed by atoms with E-state index in [1.165, 1.54) is 44.9 Å². The molecule has 3 aliphatic rings. The lowest BCUT2D eigenvalue weighted by Gasteiger charge is -2.36. The molecule has 0 heterocycles. The first-order valence-electron chi connectivity index (χ1n) is 8.68. The van der Waals surface area contributed by atoms with E-state index in [1.807, 2.05) is 5.57 Å². The van der Waals surface area contributed by atoms with Gasteiger partial charge in [-0.2, -0.15) is 0 Å². The lowest BCUT2D eigenvalue weighted by Crippen LogP contribution is -2.30. The van der Waals surface area contributed by atoms with E-state index in [0.717, 1.165) is 11.8 Å². The van der Waals surface area contributed by atoms with Crippen molar-refractivity contribution in [3.8, 4) is 0 Å². The number of rotatable bonds is 0. The Bertz CT molecular complexity index is 462. The molecule has 0 spiro atoms. The minimum atomic E-state index is 0.549. The minimum absolute atomic E-state index is 0.549. The average Bonchev–Trinajstić information content (AvgIpc) is 2.80. The van der Waals surface area contributed by atoms with Crippen molar-refractivity contribution in [3.63, 3.8) is 0 Å².